The maximum Gasteiger partial charge on any atom is 0.0464 e. The normalized spacial score (nSPS) is 27.7. The second-order valence-electron chi connectivity index (χ2n) is 5.36. The Morgan fingerprint density at radius 3 is 2.76 bits per heavy atom. The molecule has 1 aliphatic carbocycles. The molecule has 0 aromatic rings. The van der Waals surface area contributed by atoms with Gasteiger partial charge in [-0.15, -0.1) is 0 Å². The molecule has 0 radical (unpaired) electrons. The van der Waals surface area contributed by atoms with Gasteiger partial charge < -0.3 is 10.4 Å². The van der Waals surface area contributed by atoms with Crippen molar-refractivity contribution in [2.75, 3.05) is 18.9 Å². The summed E-state index contributed by atoms with van der Waals surface area (Å²) in [6, 6.07) is 0.702. The van der Waals surface area contributed by atoms with Crippen LogP contribution in [0.2, 0.25) is 0 Å². The fraction of sp³-hybridized carbons (Fsp3) is 1.00. The first kappa shape index (κ1) is 15.3. The van der Waals surface area contributed by atoms with Gasteiger partial charge in [-0.05, 0) is 37.5 Å². The van der Waals surface area contributed by atoms with Crippen LogP contribution in [0.15, 0.2) is 0 Å². The predicted octanol–water partition coefficient (Wildman–Crippen LogP) is 3.05. The third-order valence-corrected chi connectivity index (χ3v) is 5.27. The molecule has 1 fully saturated rings. The lowest BCUT2D eigenvalue weighted by Crippen LogP contribution is -2.38. The second kappa shape index (κ2) is 9.23. The standard InChI is InChI=1S/C14H29NOS/c1-3-9-15-13-7-5-4-6-8-14(13)17-11-12(2)10-16/h12-16H,3-11H2,1-2H3. The van der Waals surface area contributed by atoms with Crippen LogP contribution in [0.3, 0.4) is 0 Å². The molecule has 17 heavy (non-hydrogen) atoms. The molecule has 0 aromatic carbocycles. The Bertz CT molecular complexity index is 189. The first-order chi connectivity index (χ1) is 8.27. The van der Waals surface area contributed by atoms with E-state index in [1.807, 2.05) is 0 Å². The summed E-state index contributed by atoms with van der Waals surface area (Å²) in [5, 5.41) is 13.6. The summed E-state index contributed by atoms with van der Waals surface area (Å²) in [6.07, 6.45) is 8.08. The summed E-state index contributed by atoms with van der Waals surface area (Å²) in [5.41, 5.74) is 0. The molecule has 0 heterocycles. The van der Waals surface area contributed by atoms with Crippen LogP contribution < -0.4 is 5.32 Å². The average Bonchev–Trinajstić information content (AvgIpc) is 2.58. The highest BCUT2D eigenvalue weighted by Gasteiger charge is 2.23. The topological polar surface area (TPSA) is 32.3 Å². The molecule has 1 saturated carbocycles. The summed E-state index contributed by atoms with van der Waals surface area (Å²) in [5.74, 6) is 1.54. The van der Waals surface area contributed by atoms with Gasteiger partial charge in [0.25, 0.3) is 0 Å². The van der Waals surface area contributed by atoms with Gasteiger partial charge in [0.05, 0.1) is 0 Å². The first-order valence-corrected chi connectivity index (χ1v) is 8.28. The van der Waals surface area contributed by atoms with Crippen LogP contribution in [0.4, 0.5) is 0 Å². The van der Waals surface area contributed by atoms with E-state index in [0.29, 0.717) is 18.6 Å². The van der Waals surface area contributed by atoms with Gasteiger partial charge in [0.15, 0.2) is 0 Å². The molecule has 0 amide bonds. The molecular weight excluding hydrogens is 230 g/mol. The average molecular weight is 259 g/mol. The molecule has 0 aliphatic heterocycles. The van der Waals surface area contributed by atoms with E-state index in [4.69, 9.17) is 5.11 Å². The number of aliphatic hydroxyl groups excluding tert-OH is 1. The molecule has 3 atom stereocenters. The van der Waals surface area contributed by atoms with Gasteiger partial charge in [0, 0.05) is 17.9 Å². The number of aliphatic hydroxyl groups is 1. The van der Waals surface area contributed by atoms with Crippen molar-refractivity contribution in [3.8, 4) is 0 Å². The predicted molar refractivity (Wildman–Crippen MR) is 77.7 cm³/mol. The molecule has 2 nitrogen and oxygen atoms in total. The highest BCUT2D eigenvalue weighted by Crippen LogP contribution is 2.29. The van der Waals surface area contributed by atoms with Crippen LogP contribution in [0.25, 0.3) is 0 Å². The van der Waals surface area contributed by atoms with E-state index in [1.165, 1.54) is 38.5 Å². The molecule has 1 rings (SSSR count). The minimum Gasteiger partial charge on any atom is -0.396 e. The van der Waals surface area contributed by atoms with E-state index in [2.05, 4.69) is 30.9 Å². The molecule has 1 aliphatic rings. The Kier molecular flexibility index (Phi) is 8.33. The molecule has 3 unspecified atom stereocenters. The number of thioether (sulfide) groups is 1. The van der Waals surface area contributed by atoms with Crippen LogP contribution in [0.5, 0.6) is 0 Å². The van der Waals surface area contributed by atoms with Crippen LogP contribution in [-0.4, -0.2) is 35.3 Å². The smallest absolute Gasteiger partial charge is 0.0464 e. The highest BCUT2D eigenvalue weighted by molar-refractivity contribution is 7.99. The minimum atomic E-state index is 0.326. The van der Waals surface area contributed by atoms with Crippen molar-refractivity contribution in [3.05, 3.63) is 0 Å². The number of hydrogen-bond donors (Lipinski definition) is 2. The molecular formula is C14H29NOS. The van der Waals surface area contributed by atoms with Crippen molar-refractivity contribution in [1.29, 1.82) is 0 Å². The minimum absolute atomic E-state index is 0.326. The van der Waals surface area contributed by atoms with Gasteiger partial charge in [-0.3, -0.25) is 0 Å². The number of nitrogens with one attached hydrogen (secondary N) is 1. The Balaban J connectivity index is 2.38. The third kappa shape index (κ3) is 6.12. The maximum atomic E-state index is 9.10. The molecule has 0 bridgehead atoms. The van der Waals surface area contributed by atoms with Crippen LogP contribution in [0, 0.1) is 5.92 Å². The quantitative estimate of drug-likeness (QED) is 0.689. The fourth-order valence-corrected chi connectivity index (χ4v) is 3.86. The van der Waals surface area contributed by atoms with Crippen molar-refractivity contribution in [2.24, 2.45) is 5.92 Å². The third-order valence-electron chi connectivity index (χ3n) is 3.52. The largest absolute Gasteiger partial charge is 0.396 e. The van der Waals surface area contributed by atoms with E-state index in [0.717, 1.165) is 17.5 Å². The number of hydrogen-bond acceptors (Lipinski definition) is 3. The molecule has 3 heteroatoms. The zero-order valence-electron chi connectivity index (χ0n) is 11.5. The van der Waals surface area contributed by atoms with Crippen molar-refractivity contribution in [1.82, 2.24) is 5.32 Å². The summed E-state index contributed by atoms with van der Waals surface area (Å²) >= 11 is 2.08. The van der Waals surface area contributed by atoms with E-state index in [1.54, 1.807) is 0 Å². The monoisotopic (exact) mass is 259 g/mol. The van der Waals surface area contributed by atoms with E-state index in [9.17, 15) is 0 Å². The van der Waals surface area contributed by atoms with E-state index >= 15 is 0 Å². The van der Waals surface area contributed by atoms with Crippen molar-refractivity contribution in [3.63, 3.8) is 0 Å². The van der Waals surface area contributed by atoms with Gasteiger partial charge in [-0.25, -0.2) is 0 Å². The lowest BCUT2D eigenvalue weighted by molar-refractivity contribution is 0.250. The van der Waals surface area contributed by atoms with Crippen LogP contribution >= 0.6 is 11.8 Å². The zero-order valence-corrected chi connectivity index (χ0v) is 12.3. The number of rotatable bonds is 7. The molecule has 0 aromatic heterocycles. The summed E-state index contributed by atoms with van der Waals surface area (Å²) in [4.78, 5) is 0. The Hall–Kier alpha value is 0.270. The molecule has 2 N–H and O–H groups in total. The van der Waals surface area contributed by atoms with Gasteiger partial charge in [0.1, 0.15) is 0 Å². The van der Waals surface area contributed by atoms with Crippen molar-refractivity contribution in [2.45, 2.75) is 63.7 Å². The summed E-state index contributed by atoms with van der Waals surface area (Å²) < 4.78 is 0. The van der Waals surface area contributed by atoms with Crippen LogP contribution in [-0.2, 0) is 0 Å². The van der Waals surface area contributed by atoms with Gasteiger partial charge in [-0.2, -0.15) is 11.8 Å². The van der Waals surface area contributed by atoms with Gasteiger partial charge in [-0.1, -0.05) is 33.1 Å². The summed E-state index contributed by atoms with van der Waals surface area (Å²) in [7, 11) is 0. The Morgan fingerprint density at radius 1 is 1.29 bits per heavy atom. The van der Waals surface area contributed by atoms with E-state index in [-0.39, 0.29) is 0 Å². The summed E-state index contributed by atoms with van der Waals surface area (Å²) in [6.45, 7) is 5.85. The maximum absolute atomic E-state index is 9.10. The van der Waals surface area contributed by atoms with Crippen molar-refractivity contribution < 1.29 is 5.11 Å². The van der Waals surface area contributed by atoms with Crippen LogP contribution in [0.1, 0.15) is 52.4 Å². The molecule has 102 valence electrons. The van der Waals surface area contributed by atoms with E-state index < -0.39 is 0 Å². The Morgan fingerprint density at radius 2 is 2.06 bits per heavy atom. The lowest BCUT2D eigenvalue weighted by atomic mass is 10.1. The second-order valence-corrected chi connectivity index (χ2v) is 6.63. The molecule has 0 spiro atoms. The van der Waals surface area contributed by atoms with Crippen molar-refractivity contribution >= 4 is 11.8 Å². The Labute approximate surface area is 111 Å². The molecule has 0 saturated heterocycles. The van der Waals surface area contributed by atoms with Gasteiger partial charge in [0.2, 0.25) is 0 Å². The SMILES string of the molecule is CCCNC1CCCCCC1SCC(C)CO. The van der Waals surface area contributed by atoms with Gasteiger partial charge >= 0.3 is 0 Å². The highest BCUT2D eigenvalue weighted by atomic mass is 32.2. The fourth-order valence-electron chi connectivity index (χ4n) is 2.38. The zero-order chi connectivity index (χ0) is 12.5. The first-order valence-electron chi connectivity index (χ1n) is 7.23. The lowest BCUT2D eigenvalue weighted by Gasteiger charge is -2.26.